The van der Waals surface area contributed by atoms with Crippen molar-refractivity contribution in [3.8, 4) is 0 Å². The van der Waals surface area contributed by atoms with Crippen LogP contribution >= 0.6 is 0 Å². The monoisotopic (exact) mass is 232 g/mol. The number of carboxylic acid groups (broad SMARTS) is 1. The topological polar surface area (TPSA) is 66.4 Å². The van der Waals surface area contributed by atoms with E-state index in [4.69, 9.17) is 14.6 Å². The number of hydrogen-bond donors (Lipinski definition) is 0. The van der Waals surface area contributed by atoms with Gasteiger partial charge in [0.1, 0.15) is 0 Å². The molecule has 0 radical (unpaired) electrons. The quantitative estimate of drug-likeness (QED) is 0.422. The Balaban J connectivity index is 0. The second-order valence-electron chi connectivity index (χ2n) is 2.58. The van der Waals surface area contributed by atoms with Gasteiger partial charge >= 0.3 is 35.5 Å². The first kappa shape index (κ1) is 17.6. The van der Waals surface area contributed by atoms with Crippen molar-refractivity contribution in [3.05, 3.63) is 35.9 Å². The number of rotatable bonds is 2. The van der Waals surface area contributed by atoms with Crippen molar-refractivity contribution in [1.82, 2.24) is 0 Å². The summed E-state index contributed by atoms with van der Waals surface area (Å²) in [5.41, 5.74) is 0.606. The molecule has 0 spiro atoms. The van der Waals surface area contributed by atoms with Crippen molar-refractivity contribution in [3.63, 3.8) is 0 Å². The summed E-state index contributed by atoms with van der Waals surface area (Å²) < 4.78 is 4.79. The van der Waals surface area contributed by atoms with E-state index >= 15 is 0 Å². The molecule has 4 nitrogen and oxygen atoms in total. The number of carbonyl (C=O) groups excluding carboxylic acids is 2. The second kappa shape index (κ2) is 10.7. The van der Waals surface area contributed by atoms with Crippen molar-refractivity contribution in [2.45, 2.75) is 13.8 Å². The summed E-state index contributed by atoms with van der Waals surface area (Å²) in [5.74, 6) is -1.34. The summed E-state index contributed by atoms with van der Waals surface area (Å²) in [5, 5.41) is 8.89. The number of carbonyl (C=O) groups is 2. The minimum absolute atomic E-state index is 0. The zero-order valence-electron chi connectivity index (χ0n) is 9.73. The summed E-state index contributed by atoms with van der Waals surface area (Å²) in [7, 11) is 0. The van der Waals surface area contributed by atoms with Gasteiger partial charge in [0.25, 0.3) is 0 Å². The fourth-order valence-electron chi connectivity index (χ4n) is 0.789. The van der Waals surface area contributed by atoms with E-state index in [0.717, 1.165) is 6.92 Å². The van der Waals surface area contributed by atoms with Gasteiger partial charge in [-0.25, -0.2) is 4.79 Å². The Morgan fingerprint density at radius 3 is 2.06 bits per heavy atom. The van der Waals surface area contributed by atoms with Gasteiger partial charge in [-0.15, -0.1) is 0 Å². The van der Waals surface area contributed by atoms with Crippen LogP contribution in [0.25, 0.3) is 0 Å². The zero-order valence-corrected chi connectivity index (χ0v) is 11.7. The summed E-state index contributed by atoms with van der Waals surface area (Å²) in [4.78, 5) is 19.9. The van der Waals surface area contributed by atoms with Crippen molar-refractivity contribution in [2.75, 3.05) is 6.61 Å². The number of aliphatic carboxylic acids is 1. The van der Waals surface area contributed by atoms with Gasteiger partial charge in [0.05, 0.1) is 12.2 Å². The van der Waals surface area contributed by atoms with Gasteiger partial charge in [0.15, 0.2) is 0 Å². The molecule has 0 aromatic heterocycles. The predicted molar refractivity (Wildman–Crippen MR) is 53.1 cm³/mol. The van der Waals surface area contributed by atoms with Crippen LogP contribution in [-0.2, 0) is 9.53 Å². The normalized spacial score (nSPS) is 7.88. The minimum Gasteiger partial charge on any atom is -0.550 e. The molecule has 82 valence electrons. The first-order chi connectivity index (χ1) is 7.07. The Bertz CT molecular complexity index is 307. The van der Waals surface area contributed by atoms with Gasteiger partial charge in [-0.2, -0.15) is 0 Å². The van der Waals surface area contributed by atoms with E-state index in [1.807, 2.05) is 18.2 Å². The largest absolute Gasteiger partial charge is 1.00 e. The zero-order chi connectivity index (χ0) is 11.7. The Labute approximate surface area is 117 Å². The van der Waals surface area contributed by atoms with Crippen LogP contribution in [0.4, 0.5) is 0 Å². The Morgan fingerprint density at radius 2 is 1.69 bits per heavy atom. The summed E-state index contributed by atoms with van der Waals surface area (Å²) in [6, 6.07) is 8.96. The Kier molecular flexibility index (Phi) is 11.7. The van der Waals surface area contributed by atoms with E-state index in [9.17, 15) is 4.79 Å². The molecule has 0 atom stereocenters. The second-order valence-corrected chi connectivity index (χ2v) is 2.58. The van der Waals surface area contributed by atoms with Gasteiger partial charge < -0.3 is 14.6 Å². The Morgan fingerprint density at radius 1 is 1.25 bits per heavy atom. The molecule has 0 heterocycles. The molecule has 5 heteroatoms. The van der Waals surface area contributed by atoms with Crippen LogP contribution in [0.3, 0.4) is 0 Å². The van der Waals surface area contributed by atoms with E-state index in [-0.39, 0.29) is 35.5 Å². The van der Waals surface area contributed by atoms with Crippen molar-refractivity contribution in [1.29, 1.82) is 0 Å². The summed E-state index contributed by atoms with van der Waals surface area (Å²) >= 11 is 0. The Hall–Kier alpha value is -0.840. The molecule has 16 heavy (non-hydrogen) atoms. The molecule has 0 bridgehead atoms. The maximum Gasteiger partial charge on any atom is 1.00 e. The smallest absolute Gasteiger partial charge is 0.550 e. The van der Waals surface area contributed by atoms with Gasteiger partial charge in [-0.05, 0) is 26.0 Å². The van der Waals surface area contributed by atoms with Crippen LogP contribution in [0, 0.1) is 0 Å². The van der Waals surface area contributed by atoms with Crippen LogP contribution in [0.5, 0.6) is 0 Å². The molecule has 0 saturated carbocycles. The van der Waals surface area contributed by atoms with Crippen LogP contribution in [0.2, 0.25) is 0 Å². The molecule has 1 aromatic carbocycles. The third-order valence-electron chi connectivity index (χ3n) is 1.28. The molecule has 0 aliphatic rings. The third kappa shape index (κ3) is 9.71. The minimum atomic E-state index is -1.08. The van der Waals surface area contributed by atoms with Crippen molar-refractivity contribution < 1.29 is 49.0 Å². The van der Waals surface area contributed by atoms with Crippen LogP contribution in [0.1, 0.15) is 24.2 Å². The molecule has 0 N–H and O–H groups in total. The standard InChI is InChI=1S/C9H10O2.C2H4O2.Na/c1-2-11-9(10)8-6-4-3-5-7-8;1-2(3)4;/h3-7H,2H2,1H3;1H3,(H,3,4);/q;;+1/p-1. The first-order valence-corrected chi connectivity index (χ1v) is 4.47. The number of carboxylic acids is 1. The molecule has 0 aliphatic heterocycles. The van der Waals surface area contributed by atoms with Gasteiger partial charge in [0.2, 0.25) is 0 Å². The number of esters is 1. The van der Waals surface area contributed by atoms with Crippen molar-refractivity contribution in [2.24, 2.45) is 0 Å². The molecule has 1 rings (SSSR count). The molecule has 0 fully saturated rings. The summed E-state index contributed by atoms with van der Waals surface area (Å²) in [6.07, 6.45) is 0. The molecule has 0 aliphatic carbocycles. The fourth-order valence-corrected chi connectivity index (χ4v) is 0.789. The average molecular weight is 232 g/mol. The van der Waals surface area contributed by atoms with Crippen molar-refractivity contribution >= 4 is 11.9 Å². The summed E-state index contributed by atoms with van der Waals surface area (Å²) in [6.45, 7) is 3.19. The molecule has 1 aromatic rings. The van der Waals surface area contributed by atoms with E-state index in [2.05, 4.69) is 0 Å². The van der Waals surface area contributed by atoms with E-state index in [1.54, 1.807) is 19.1 Å². The van der Waals surface area contributed by atoms with Crippen LogP contribution < -0.4 is 34.7 Å². The maximum absolute atomic E-state index is 11.0. The third-order valence-corrected chi connectivity index (χ3v) is 1.28. The maximum atomic E-state index is 11.0. The molecular weight excluding hydrogens is 219 g/mol. The molecule has 0 unspecified atom stereocenters. The van der Waals surface area contributed by atoms with E-state index < -0.39 is 5.97 Å². The number of benzene rings is 1. The predicted octanol–water partition coefficient (Wildman–Crippen LogP) is -2.38. The average Bonchev–Trinajstić information content (AvgIpc) is 2.19. The number of hydrogen-bond acceptors (Lipinski definition) is 4. The van der Waals surface area contributed by atoms with E-state index in [0.29, 0.717) is 12.2 Å². The molecule has 0 amide bonds. The fraction of sp³-hybridized carbons (Fsp3) is 0.273. The van der Waals surface area contributed by atoms with Crippen LogP contribution in [0.15, 0.2) is 30.3 Å². The number of ether oxygens (including phenoxy) is 1. The van der Waals surface area contributed by atoms with Gasteiger partial charge in [0, 0.05) is 5.97 Å². The van der Waals surface area contributed by atoms with Gasteiger partial charge in [-0.1, -0.05) is 18.2 Å². The SMILES string of the molecule is CC(=O)[O-].CCOC(=O)c1ccccc1.[Na+]. The first-order valence-electron chi connectivity index (χ1n) is 4.47. The van der Waals surface area contributed by atoms with E-state index in [1.165, 1.54) is 0 Å². The molecular formula is C11H13NaO4. The van der Waals surface area contributed by atoms with Gasteiger partial charge in [-0.3, -0.25) is 0 Å². The van der Waals surface area contributed by atoms with Crippen LogP contribution in [-0.4, -0.2) is 18.5 Å². The molecule has 0 saturated heterocycles.